The van der Waals surface area contributed by atoms with Crippen molar-refractivity contribution < 1.29 is 13.9 Å². The summed E-state index contributed by atoms with van der Waals surface area (Å²) >= 11 is 0. The molecule has 1 aliphatic carbocycles. The van der Waals surface area contributed by atoms with Crippen molar-refractivity contribution in [2.24, 2.45) is 0 Å². The molecule has 2 aromatic rings. The van der Waals surface area contributed by atoms with Crippen molar-refractivity contribution >= 4 is 16.9 Å². The molecule has 0 spiro atoms. The lowest BCUT2D eigenvalue weighted by Gasteiger charge is -2.32. The summed E-state index contributed by atoms with van der Waals surface area (Å²) in [5.74, 6) is 0.425. The summed E-state index contributed by atoms with van der Waals surface area (Å²) in [6, 6.07) is 7.99. The van der Waals surface area contributed by atoms with Crippen LogP contribution in [0.15, 0.2) is 33.5 Å². The molecule has 0 atom stereocenters. The second-order valence-corrected chi connectivity index (χ2v) is 7.90. The highest BCUT2D eigenvalue weighted by Crippen LogP contribution is 2.29. The normalized spacial score (nSPS) is 18.3. The van der Waals surface area contributed by atoms with Gasteiger partial charge in [-0.1, -0.05) is 13.3 Å². The molecule has 1 saturated carbocycles. The zero-order valence-electron chi connectivity index (χ0n) is 16.4. The van der Waals surface area contributed by atoms with E-state index in [9.17, 15) is 9.59 Å². The molecule has 0 radical (unpaired) electrons. The van der Waals surface area contributed by atoms with Gasteiger partial charge in [0.15, 0.2) is 6.61 Å². The fraction of sp³-hybridized carbons (Fsp3) is 0.545. The second-order valence-electron chi connectivity index (χ2n) is 7.90. The largest absolute Gasteiger partial charge is 0.484 e. The van der Waals surface area contributed by atoms with Crippen molar-refractivity contribution in [1.82, 2.24) is 10.2 Å². The van der Waals surface area contributed by atoms with E-state index in [1.807, 2.05) is 12.1 Å². The summed E-state index contributed by atoms with van der Waals surface area (Å²) in [4.78, 5) is 26.6. The highest BCUT2D eigenvalue weighted by molar-refractivity contribution is 5.82. The lowest BCUT2D eigenvalue weighted by Crippen LogP contribution is -2.46. The highest BCUT2D eigenvalue weighted by atomic mass is 16.5. The third-order valence-corrected chi connectivity index (χ3v) is 5.65. The molecule has 0 unspecified atom stereocenters. The number of piperidine rings is 1. The van der Waals surface area contributed by atoms with Crippen molar-refractivity contribution in [1.29, 1.82) is 0 Å². The summed E-state index contributed by atoms with van der Waals surface area (Å²) < 4.78 is 11.0. The molecular weight excluding hydrogens is 356 g/mol. The van der Waals surface area contributed by atoms with Crippen molar-refractivity contribution in [3.63, 3.8) is 0 Å². The first-order valence-corrected chi connectivity index (χ1v) is 10.4. The minimum atomic E-state index is -0.358. The lowest BCUT2D eigenvalue weighted by atomic mass is 10.0. The fourth-order valence-electron chi connectivity index (χ4n) is 4.04. The Labute approximate surface area is 164 Å². The molecule has 1 aromatic heterocycles. The van der Waals surface area contributed by atoms with Crippen molar-refractivity contribution in [2.45, 2.75) is 57.5 Å². The first kappa shape index (κ1) is 19.0. The smallest absolute Gasteiger partial charge is 0.336 e. The van der Waals surface area contributed by atoms with Crippen LogP contribution in [0.1, 0.15) is 44.6 Å². The molecule has 6 nitrogen and oxygen atoms in total. The molecule has 1 N–H and O–H groups in total. The number of amides is 1. The second kappa shape index (κ2) is 8.35. The van der Waals surface area contributed by atoms with Gasteiger partial charge in [-0.2, -0.15) is 0 Å². The third kappa shape index (κ3) is 4.55. The van der Waals surface area contributed by atoms with E-state index >= 15 is 0 Å². The maximum Gasteiger partial charge on any atom is 0.336 e. The maximum atomic E-state index is 12.2. The summed E-state index contributed by atoms with van der Waals surface area (Å²) in [7, 11) is 0. The van der Waals surface area contributed by atoms with Gasteiger partial charge in [0.05, 0.1) is 0 Å². The number of nitrogens with zero attached hydrogens (tertiary/aromatic N) is 1. The highest BCUT2D eigenvalue weighted by Gasteiger charge is 2.32. The van der Waals surface area contributed by atoms with Gasteiger partial charge >= 0.3 is 5.63 Å². The van der Waals surface area contributed by atoms with E-state index in [0.29, 0.717) is 11.3 Å². The minimum Gasteiger partial charge on any atom is -0.484 e. The lowest BCUT2D eigenvalue weighted by molar-refractivity contribution is -0.124. The molecule has 1 aliphatic heterocycles. The van der Waals surface area contributed by atoms with E-state index in [2.05, 4.69) is 17.1 Å². The number of rotatable bonds is 7. The SMILES string of the molecule is CCCc1cc(=O)oc2cc(OCC(=O)NC3CCN(C4CC4)CC3)ccc12. The number of fused-ring (bicyclic) bond motifs is 1. The zero-order chi connectivity index (χ0) is 19.5. The van der Waals surface area contributed by atoms with Gasteiger partial charge in [0.25, 0.3) is 5.91 Å². The van der Waals surface area contributed by atoms with Crippen molar-refractivity contribution in [3.8, 4) is 5.75 Å². The number of ether oxygens (including phenoxy) is 1. The van der Waals surface area contributed by atoms with Gasteiger partial charge in [0.1, 0.15) is 11.3 Å². The zero-order valence-corrected chi connectivity index (χ0v) is 16.4. The van der Waals surface area contributed by atoms with Gasteiger partial charge in [-0.25, -0.2) is 4.79 Å². The van der Waals surface area contributed by atoms with Crippen LogP contribution in [-0.4, -0.2) is 42.6 Å². The van der Waals surface area contributed by atoms with E-state index < -0.39 is 0 Å². The topological polar surface area (TPSA) is 71.8 Å². The Balaban J connectivity index is 1.32. The molecule has 2 fully saturated rings. The molecule has 2 aliphatic rings. The molecule has 1 saturated heterocycles. The van der Waals surface area contributed by atoms with Crippen molar-refractivity contribution in [2.75, 3.05) is 19.7 Å². The van der Waals surface area contributed by atoms with Crippen LogP contribution in [0.25, 0.3) is 11.0 Å². The van der Waals surface area contributed by atoms with Crippen LogP contribution in [0.4, 0.5) is 0 Å². The predicted octanol–water partition coefficient (Wildman–Crippen LogP) is 2.87. The molecule has 2 heterocycles. The Morgan fingerprint density at radius 3 is 2.71 bits per heavy atom. The first-order valence-electron chi connectivity index (χ1n) is 10.4. The van der Waals surface area contributed by atoms with E-state index in [0.717, 1.165) is 55.8 Å². The Hall–Kier alpha value is -2.34. The minimum absolute atomic E-state index is 0.0345. The van der Waals surface area contributed by atoms with Crippen LogP contribution < -0.4 is 15.7 Å². The number of carbonyl (C=O) groups is 1. The first-order chi connectivity index (χ1) is 13.6. The number of nitrogens with one attached hydrogen (secondary N) is 1. The van der Waals surface area contributed by atoms with E-state index in [-0.39, 0.29) is 24.2 Å². The molecule has 1 amide bonds. The fourth-order valence-corrected chi connectivity index (χ4v) is 4.04. The average molecular weight is 384 g/mol. The molecule has 1 aromatic carbocycles. The molecule has 0 bridgehead atoms. The molecule has 28 heavy (non-hydrogen) atoms. The van der Waals surface area contributed by atoms with Crippen LogP contribution >= 0.6 is 0 Å². The standard InChI is InChI=1S/C22H28N2O4/c1-2-3-15-12-22(26)28-20-13-18(6-7-19(15)20)27-14-21(25)23-16-8-10-24(11-9-16)17-4-5-17/h6-7,12-13,16-17H,2-5,8-11,14H2,1H3,(H,23,25). The quantitative estimate of drug-likeness (QED) is 0.743. The number of carbonyl (C=O) groups excluding carboxylic acids is 1. The Kier molecular flexibility index (Phi) is 5.67. The monoisotopic (exact) mass is 384 g/mol. The van der Waals surface area contributed by atoms with Gasteiger partial charge in [0, 0.05) is 42.7 Å². The van der Waals surface area contributed by atoms with Crippen LogP contribution in [0.2, 0.25) is 0 Å². The van der Waals surface area contributed by atoms with Crippen LogP contribution in [0, 0.1) is 0 Å². The van der Waals surface area contributed by atoms with Gasteiger partial charge in [-0.05, 0) is 49.8 Å². The maximum absolute atomic E-state index is 12.2. The molecule has 150 valence electrons. The van der Waals surface area contributed by atoms with Gasteiger partial charge in [-0.3, -0.25) is 4.79 Å². The van der Waals surface area contributed by atoms with Crippen LogP contribution in [0.3, 0.4) is 0 Å². The molecular formula is C22H28N2O4. The summed E-state index contributed by atoms with van der Waals surface area (Å²) in [6.45, 7) is 4.18. The van der Waals surface area contributed by atoms with Crippen molar-refractivity contribution in [3.05, 3.63) is 40.2 Å². The molecule has 6 heteroatoms. The summed E-state index contributed by atoms with van der Waals surface area (Å²) in [5, 5.41) is 3.99. The molecule has 4 rings (SSSR count). The Morgan fingerprint density at radius 2 is 2.00 bits per heavy atom. The Bertz CT molecular complexity index is 895. The third-order valence-electron chi connectivity index (χ3n) is 5.65. The van der Waals surface area contributed by atoms with E-state index in [1.54, 1.807) is 12.1 Å². The van der Waals surface area contributed by atoms with Crippen LogP contribution in [0.5, 0.6) is 5.75 Å². The number of likely N-dealkylation sites (tertiary alicyclic amines) is 1. The Morgan fingerprint density at radius 1 is 1.21 bits per heavy atom. The predicted molar refractivity (Wildman–Crippen MR) is 108 cm³/mol. The number of benzene rings is 1. The average Bonchev–Trinajstić information content (AvgIpc) is 3.52. The van der Waals surface area contributed by atoms with Gasteiger partial charge in [0.2, 0.25) is 0 Å². The van der Waals surface area contributed by atoms with E-state index in [4.69, 9.17) is 9.15 Å². The number of hydrogen-bond acceptors (Lipinski definition) is 5. The summed E-state index contributed by atoms with van der Waals surface area (Å²) in [5.41, 5.74) is 1.13. The van der Waals surface area contributed by atoms with Gasteiger partial charge < -0.3 is 19.4 Å². The van der Waals surface area contributed by atoms with Gasteiger partial charge in [-0.15, -0.1) is 0 Å². The number of aryl methyl sites for hydroxylation is 1. The van der Waals surface area contributed by atoms with Crippen LogP contribution in [-0.2, 0) is 11.2 Å². The summed E-state index contributed by atoms with van der Waals surface area (Å²) in [6.07, 6.45) is 6.45. The van der Waals surface area contributed by atoms with E-state index in [1.165, 1.54) is 12.8 Å². The number of hydrogen-bond donors (Lipinski definition) is 1.